The van der Waals surface area contributed by atoms with Gasteiger partial charge in [0.1, 0.15) is 0 Å². The van der Waals surface area contributed by atoms with E-state index in [4.69, 9.17) is 15.3 Å². The van der Waals surface area contributed by atoms with E-state index in [2.05, 4.69) is 41.5 Å². The Morgan fingerprint density at radius 2 is 0.556 bits per heavy atom. The van der Waals surface area contributed by atoms with Crippen LogP contribution in [0.4, 0.5) is 0 Å². The zero-order chi connectivity index (χ0) is 22.7. The molecule has 4 nitrogen and oxygen atoms in total. The van der Waals surface area contributed by atoms with Crippen LogP contribution < -0.4 is 0 Å². The SMILES string of the molecule is CC(C)(C)O.CC(C)(C)O.CC(C)(C)O.CC(C)[Si](O)(C(C)C)C(C)C.[Zr]. The standard InChI is InChI=1S/C9H22OSi.3C4H10O.Zr/c1-7(2)11(10,8(3)4)9(5)6;3*1-4(2,3)5;/h7-10H,1-6H3;3*5H,1-3H3;. The number of aliphatic hydroxyl groups is 3. The maximum Gasteiger partial charge on any atom is 0.196 e. The van der Waals surface area contributed by atoms with E-state index < -0.39 is 25.1 Å². The first-order valence-electron chi connectivity index (χ1n) is 9.72. The Labute approximate surface area is 191 Å². The summed E-state index contributed by atoms with van der Waals surface area (Å²) in [6, 6.07) is 0. The monoisotopic (exact) mass is 486 g/mol. The van der Waals surface area contributed by atoms with Gasteiger partial charge in [0.25, 0.3) is 0 Å². The molecule has 0 aliphatic rings. The summed E-state index contributed by atoms with van der Waals surface area (Å²) in [5.41, 5.74) is -0.0764. The Balaban J connectivity index is -0.0000000858. The van der Waals surface area contributed by atoms with Crippen molar-refractivity contribution in [3.05, 3.63) is 0 Å². The summed E-state index contributed by atoms with van der Waals surface area (Å²) in [4.78, 5) is 10.4. The van der Waals surface area contributed by atoms with Gasteiger partial charge in [-0.2, -0.15) is 0 Å². The van der Waals surface area contributed by atoms with Crippen LogP contribution in [0.25, 0.3) is 0 Å². The van der Waals surface area contributed by atoms with Crippen LogP contribution >= 0.6 is 0 Å². The van der Waals surface area contributed by atoms with Gasteiger partial charge in [-0.05, 0) is 78.9 Å². The molecule has 4 N–H and O–H groups in total. The summed E-state index contributed by atoms with van der Waals surface area (Å²) in [5.74, 6) is 0. The second-order valence-corrected chi connectivity index (χ2v) is 16.1. The Hall–Kier alpha value is 0.940. The molecule has 0 radical (unpaired) electrons. The molecule has 0 saturated carbocycles. The Kier molecular flexibility index (Phi) is 22.5. The third-order valence-corrected chi connectivity index (χ3v) is 8.32. The second-order valence-electron chi connectivity index (χ2n) is 10.9. The Morgan fingerprint density at radius 3 is 0.556 bits per heavy atom. The summed E-state index contributed by atoms with van der Waals surface area (Å²) in [7, 11) is -1.98. The van der Waals surface area contributed by atoms with Gasteiger partial charge >= 0.3 is 0 Å². The Bertz CT molecular complexity index is 256. The third kappa shape index (κ3) is 46.7. The number of hydrogen-bond donors (Lipinski definition) is 4. The average molecular weight is 488 g/mol. The van der Waals surface area contributed by atoms with Gasteiger partial charge in [0, 0.05) is 26.2 Å². The first-order chi connectivity index (χ1) is 10.8. The molecule has 0 fully saturated rings. The first kappa shape index (κ1) is 38.5. The molecule has 27 heavy (non-hydrogen) atoms. The normalized spacial score (nSPS) is 12.2. The van der Waals surface area contributed by atoms with E-state index in [9.17, 15) is 4.80 Å². The van der Waals surface area contributed by atoms with Crippen LogP contribution in [0.3, 0.4) is 0 Å². The van der Waals surface area contributed by atoms with Crippen molar-refractivity contribution in [3.63, 3.8) is 0 Å². The van der Waals surface area contributed by atoms with E-state index in [1.807, 2.05) is 0 Å². The molecule has 0 aliphatic heterocycles. The van der Waals surface area contributed by atoms with Gasteiger partial charge in [0.05, 0.1) is 16.8 Å². The Morgan fingerprint density at radius 1 is 0.481 bits per heavy atom. The molecule has 168 valence electrons. The van der Waals surface area contributed by atoms with Gasteiger partial charge in [-0.25, -0.2) is 0 Å². The van der Waals surface area contributed by atoms with Crippen molar-refractivity contribution in [1.29, 1.82) is 0 Å². The van der Waals surface area contributed by atoms with Crippen molar-refractivity contribution in [1.82, 2.24) is 0 Å². The van der Waals surface area contributed by atoms with Gasteiger partial charge in [-0.3, -0.25) is 0 Å². The minimum absolute atomic E-state index is 0. The van der Waals surface area contributed by atoms with Crippen molar-refractivity contribution in [2.75, 3.05) is 0 Å². The molecule has 0 unspecified atom stereocenters. The topological polar surface area (TPSA) is 80.9 Å². The maximum absolute atomic E-state index is 10.4. The molecular weight excluding hydrogens is 436 g/mol. The minimum Gasteiger partial charge on any atom is -0.431 e. The largest absolute Gasteiger partial charge is 0.431 e. The summed E-state index contributed by atoms with van der Waals surface area (Å²) in [6.07, 6.45) is 0. The summed E-state index contributed by atoms with van der Waals surface area (Å²) < 4.78 is 0. The van der Waals surface area contributed by atoms with Crippen LogP contribution in [0.15, 0.2) is 0 Å². The van der Waals surface area contributed by atoms with Gasteiger partial charge < -0.3 is 20.1 Å². The zero-order valence-corrected chi connectivity index (χ0v) is 24.5. The van der Waals surface area contributed by atoms with E-state index in [1.54, 1.807) is 62.3 Å². The van der Waals surface area contributed by atoms with Crippen LogP contribution in [0.2, 0.25) is 16.6 Å². The van der Waals surface area contributed by atoms with E-state index in [-0.39, 0.29) is 26.2 Å². The molecule has 0 heterocycles. The van der Waals surface area contributed by atoms with Crippen LogP contribution in [0.5, 0.6) is 0 Å². The van der Waals surface area contributed by atoms with E-state index in [0.717, 1.165) is 0 Å². The molecule has 0 aromatic heterocycles. The maximum atomic E-state index is 10.4. The predicted molar refractivity (Wildman–Crippen MR) is 119 cm³/mol. The fourth-order valence-corrected chi connectivity index (χ4v) is 6.00. The minimum atomic E-state index is -1.98. The average Bonchev–Trinajstić information content (AvgIpc) is 2.19. The molecular formula is C21H52O4SiZr. The number of hydrogen-bond acceptors (Lipinski definition) is 4. The van der Waals surface area contributed by atoms with Crippen LogP contribution in [-0.4, -0.2) is 45.2 Å². The van der Waals surface area contributed by atoms with Crippen molar-refractivity contribution in [2.45, 2.75) is 137 Å². The molecule has 0 atom stereocenters. The molecule has 0 aromatic rings. The van der Waals surface area contributed by atoms with Gasteiger partial charge in [0.15, 0.2) is 8.32 Å². The van der Waals surface area contributed by atoms with Crippen molar-refractivity contribution < 1.29 is 46.3 Å². The summed E-state index contributed by atoms with van der Waals surface area (Å²) in [5, 5.41) is 25.6. The van der Waals surface area contributed by atoms with Crippen molar-refractivity contribution >= 4 is 8.32 Å². The molecule has 0 aromatic carbocycles. The van der Waals surface area contributed by atoms with Gasteiger partial charge in [0.2, 0.25) is 0 Å². The van der Waals surface area contributed by atoms with Gasteiger partial charge in [-0.15, -0.1) is 0 Å². The predicted octanol–water partition coefficient (Wildman–Crippen LogP) is 5.48. The second kappa shape index (κ2) is 15.7. The van der Waals surface area contributed by atoms with Gasteiger partial charge in [-0.1, -0.05) is 41.5 Å². The molecule has 0 bridgehead atoms. The molecule has 0 amide bonds. The van der Waals surface area contributed by atoms with E-state index in [1.165, 1.54) is 0 Å². The molecule has 0 saturated heterocycles. The smallest absolute Gasteiger partial charge is 0.196 e. The van der Waals surface area contributed by atoms with E-state index in [0.29, 0.717) is 16.6 Å². The van der Waals surface area contributed by atoms with Crippen molar-refractivity contribution in [3.8, 4) is 0 Å². The van der Waals surface area contributed by atoms with Crippen molar-refractivity contribution in [2.24, 2.45) is 0 Å². The molecule has 6 heteroatoms. The molecule has 0 aliphatic carbocycles. The van der Waals surface area contributed by atoms with Crippen LogP contribution in [0, 0.1) is 0 Å². The molecule has 0 rings (SSSR count). The van der Waals surface area contributed by atoms with E-state index >= 15 is 0 Å². The quantitative estimate of drug-likeness (QED) is 0.397. The summed E-state index contributed by atoms with van der Waals surface area (Å²) in [6.45, 7) is 28.6. The van der Waals surface area contributed by atoms with Crippen LogP contribution in [0.1, 0.15) is 104 Å². The first-order valence-corrected chi connectivity index (χ1v) is 11.9. The zero-order valence-electron chi connectivity index (χ0n) is 21.0. The molecule has 0 spiro atoms. The summed E-state index contributed by atoms with van der Waals surface area (Å²) >= 11 is 0. The fourth-order valence-electron chi connectivity index (χ4n) is 2.00. The number of rotatable bonds is 3. The van der Waals surface area contributed by atoms with Crippen LogP contribution in [-0.2, 0) is 26.2 Å². The fraction of sp³-hybridized carbons (Fsp3) is 1.00. The third-order valence-electron chi connectivity index (χ3n) is 2.77.